The zero-order chi connectivity index (χ0) is 25.6. The first-order valence-corrected chi connectivity index (χ1v) is 11.1. The Labute approximate surface area is 203 Å². The molecular formula is C27H29F2N3O3. The fourth-order valence-corrected chi connectivity index (χ4v) is 3.37. The maximum atomic E-state index is 14.0. The van der Waals surface area contributed by atoms with Gasteiger partial charge in [-0.3, -0.25) is 4.79 Å². The molecule has 3 aromatic rings. The van der Waals surface area contributed by atoms with E-state index >= 15 is 0 Å². The van der Waals surface area contributed by atoms with Crippen LogP contribution in [0.1, 0.15) is 38.0 Å². The van der Waals surface area contributed by atoms with E-state index in [9.17, 15) is 18.7 Å². The van der Waals surface area contributed by atoms with Gasteiger partial charge in [0.2, 0.25) is 5.91 Å². The Morgan fingerprint density at radius 3 is 2.43 bits per heavy atom. The minimum atomic E-state index is -0.998. The van der Waals surface area contributed by atoms with Gasteiger partial charge in [-0.25, -0.2) is 8.78 Å². The van der Waals surface area contributed by atoms with Crippen molar-refractivity contribution in [2.75, 3.05) is 11.9 Å². The Morgan fingerprint density at radius 1 is 1.09 bits per heavy atom. The molecule has 0 radical (unpaired) electrons. The molecule has 0 saturated heterocycles. The number of carbonyl (C=O) groups excluding carboxylic acids is 1. The predicted molar refractivity (Wildman–Crippen MR) is 132 cm³/mol. The van der Waals surface area contributed by atoms with Crippen LogP contribution in [0.5, 0.6) is 5.75 Å². The Bertz CT molecular complexity index is 1180. The van der Waals surface area contributed by atoms with Gasteiger partial charge in [0.25, 0.3) is 0 Å². The number of halogens is 2. The molecule has 8 heteroatoms. The van der Waals surface area contributed by atoms with E-state index in [0.29, 0.717) is 28.3 Å². The van der Waals surface area contributed by atoms with E-state index in [4.69, 9.17) is 10.1 Å². The highest BCUT2D eigenvalue weighted by molar-refractivity contribution is 5.88. The molecule has 3 rings (SSSR count). The molecule has 4 N–H and O–H groups in total. The van der Waals surface area contributed by atoms with Crippen LogP contribution in [0.15, 0.2) is 66.7 Å². The summed E-state index contributed by atoms with van der Waals surface area (Å²) in [4.78, 5) is 12.6. The molecule has 0 aliphatic heterocycles. The number of benzene rings is 3. The van der Waals surface area contributed by atoms with E-state index < -0.39 is 23.4 Å². The maximum Gasteiger partial charge on any atom is 0.228 e. The molecule has 184 valence electrons. The molecule has 0 aromatic heterocycles. The minimum Gasteiger partial charge on any atom is -0.484 e. The molecule has 0 saturated carbocycles. The van der Waals surface area contributed by atoms with Gasteiger partial charge < -0.3 is 25.9 Å². The molecule has 0 aliphatic carbocycles. The van der Waals surface area contributed by atoms with Gasteiger partial charge in [0.1, 0.15) is 23.5 Å². The van der Waals surface area contributed by atoms with Gasteiger partial charge in [-0.05, 0) is 80.9 Å². The van der Waals surface area contributed by atoms with Gasteiger partial charge in [-0.15, -0.1) is 0 Å². The first-order valence-electron chi connectivity index (χ1n) is 11.1. The molecule has 0 aliphatic rings. The first-order chi connectivity index (χ1) is 16.6. The number of hydrogen-bond acceptors (Lipinski definition) is 5. The normalized spacial score (nSPS) is 13.0. The number of rotatable bonds is 10. The van der Waals surface area contributed by atoms with Crippen molar-refractivity contribution in [1.29, 1.82) is 5.41 Å². The summed E-state index contributed by atoms with van der Waals surface area (Å²) in [6.07, 6.45) is 0.406. The Morgan fingerprint density at radius 2 is 1.80 bits per heavy atom. The highest BCUT2D eigenvalue weighted by Gasteiger charge is 2.31. The Hall–Kier alpha value is -3.78. The van der Waals surface area contributed by atoms with Crippen molar-refractivity contribution in [3.05, 3.63) is 89.5 Å². The SMILES string of the molecule is C[C@H](NC(=O)C(C)(C)CO)[C@H](Oc1ccc(Nc2ccc(F)cc2)c(C=N)c1)c1cccc(F)c1. The van der Waals surface area contributed by atoms with E-state index in [-0.39, 0.29) is 18.3 Å². The van der Waals surface area contributed by atoms with Gasteiger partial charge >= 0.3 is 0 Å². The second kappa shape index (κ2) is 11.1. The third kappa shape index (κ3) is 6.64. The molecule has 0 unspecified atom stereocenters. The van der Waals surface area contributed by atoms with Crippen molar-refractivity contribution in [1.82, 2.24) is 5.32 Å². The standard InChI is InChI=1S/C27H29F2N3O3/c1-17(31-26(34)27(2,3)16-33)25(18-5-4-6-21(29)13-18)35-23-11-12-24(19(14-23)15-30)32-22-9-7-20(28)8-10-22/h4-15,17,25,30,32-33H,16H2,1-3H3,(H,31,34)/t17-,25-/m0/s1. The Kier molecular flexibility index (Phi) is 8.19. The Balaban J connectivity index is 1.88. The third-order valence-electron chi connectivity index (χ3n) is 5.56. The van der Waals surface area contributed by atoms with Crippen LogP contribution >= 0.6 is 0 Å². The van der Waals surface area contributed by atoms with Crippen LogP contribution in [0, 0.1) is 22.5 Å². The van der Waals surface area contributed by atoms with E-state index in [1.165, 1.54) is 24.3 Å². The largest absolute Gasteiger partial charge is 0.484 e. The van der Waals surface area contributed by atoms with Crippen LogP contribution in [-0.2, 0) is 4.79 Å². The van der Waals surface area contributed by atoms with Crippen LogP contribution in [0.25, 0.3) is 0 Å². The van der Waals surface area contributed by atoms with Crippen LogP contribution in [0.4, 0.5) is 20.2 Å². The van der Waals surface area contributed by atoms with Crippen LogP contribution in [0.2, 0.25) is 0 Å². The predicted octanol–water partition coefficient (Wildman–Crippen LogP) is 5.35. The fraction of sp³-hybridized carbons (Fsp3) is 0.259. The molecule has 0 heterocycles. The van der Waals surface area contributed by atoms with E-state index in [2.05, 4.69) is 10.6 Å². The van der Waals surface area contributed by atoms with Gasteiger partial charge in [0, 0.05) is 23.2 Å². The van der Waals surface area contributed by atoms with Crippen LogP contribution < -0.4 is 15.4 Å². The van der Waals surface area contributed by atoms with E-state index in [0.717, 1.165) is 6.21 Å². The maximum absolute atomic E-state index is 14.0. The molecule has 0 fully saturated rings. The molecule has 0 spiro atoms. The van der Waals surface area contributed by atoms with Gasteiger partial charge in [-0.1, -0.05) is 12.1 Å². The lowest BCUT2D eigenvalue weighted by molar-refractivity contribution is -0.132. The topological polar surface area (TPSA) is 94.4 Å². The second-order valence-electron chi connectivity index (χ2n) is 8.92. The molecule has 35 heavy (non-hydrogen) atoms. The highest BCUT2D eigenvalue weighted by atomic mass is 19.1. The number of aliphatic hydroxyl groups excluding tert-OH is 1. The van der Waals surface area contributed by atoms with Crippen molar-refractivity contribution in [3.8, 4) is 5.75 Å². The fourth-order valence-electron chi connectivity index (χ4n) is 3.37. The van der Waals surface area contributed by atoms with Crippen molar-refractivity contribution >= 4 is 23.5 Å². The number of aliphatic hydroxyl groups is 1. The summed E-state index contributed by atoms with van der Waals surface area (Å²) >= 11 is 0. The smallest absolute Gasteiger partial charge is 0.228 e. The molecular weight excluding hydrogens is 452 g/mol. The van der Waals surface area contributed by atoms with Crippen molar-refractivity contribution in [3.63, 3.8) is 0 Å². The number of anilines is 2. The summed E-state index contributed by atoms with van der Waals surface area (Å²) in [6, 6.07) is 16.3. The molecule has 2 atom stereocenters. The zero-order valence-corrected chi connectivity index (χ0v) is 19.8. The van der Waals surface area contributed by atoms with E-state index in [1.807, 2.05) is 0 Å². The van der Waals surface area contributed by atoms with Crippen molar-refractivity contribution in [2.45, 2.75) is 32.9 Å². The van der Waals surface area contributed by atoms with Crippen molar-refractivity contribution in [2.24, 2.45) is 5.41 Å². The summed E-state index contributed by atoms with van der Waals surface area (Å²) in [5, 5.41) is 23.3. The van der Waals surface area contributed by atoms with Gasteiger partial charge in [0.05, 0.1) is 18.1 Å². The van der Waals surface area contributed by atoms with Crippen LogP contribution in [0.3, 0.4) is 0 Å². The number of ether oxygens (including phenoxy) is 1. The summed E-state index contributed by atoms with van der Waals surface area (Å²) in [7, 11) is 0. The second-order valence-corrected chi connectivity index (χ2v) is 8.92. The van der Waals surface area contributed by atoms with E-state index in [1.54, 1.807) is 63.2 Å². The van der Waals surface area contributed by atoms with Crippen molar-refractivity contribution < 1.29 is 23.4 Å². The summed E-state index contributed by atoms with van der Waals surface area (Å²) in [6.45, 7) is 4.65. The molecule has 0 bridgehead atoms. The van der Waals surface area contributed by atoms with Gasteiger partial charge in [-0.2, -0.15) is 0 Å². The lowest BCUT2D eigenvalue weighted by Crippen LogP contribution is -2.46. The average Bonchev–Trinajstić information content (AvgIpc) is 2.84. The highest BCUT2D eigenvalue weighted by Crippen LogP contribution is 2.30. The molecule has 3 aromatic carbocycles. The molecule has 6 nitrogen and oxygen atoms in total. The molecule has 1 amide bonds. The number of carbonyl (C=O) groups is 1. The average molecular weight is 482 g/mol. The quantitative estimate of drug-likeness (QED) is 0.294. The summed E-state index contributed by atoms with van der Waals surface area (Å²) < 4.78 is 33.4. The monoisotopic (exact) mass is 481 g/mol. The number of amides is 1. The number of hydrogen-bond donors (Lipinski definition) is 4. The lowest BCUT2D eigenvalue weighted by Gasteiger charge is -2.30. The summed E-state index contributed by atoms with van der Waals surface area (Å²) in [5.41, 5.74) is 1.31. The number of nitrogens with one attached hydrogen (secondary N) is 3. The lowest BCUT2D eigenvalue weighted by atomic mass is 9.92. The zero-order valence-electron chi connectivity index (χ0n) is 19.8. The third-order valence-corrected chi connectivity index (χ3v) is 5.56. The van der Waals surface area contributed by atoms with Gasteiger partial charge in [0.15, 0.2) is 0 Å². The summed E-state index contributed by atoms with van der Waals surface area (Å²) in [5.74, 6) is -0.746. The first kappa shape index (κ1) is 25.8. The minimum absolute atomic E-state index is 0.331. The van der Waals surface area contributed by atoms with Crippen LogP contribution in [-0.4, -0.2) is 29.9 Å².